The Morgan fingerprint density at radius 2 is 1.62 bits per heavy atom. The summed E-state index contributed by atoms with van der Waals surface area (Å²) in [5, 5.41) is 14.5. The van der Waals surface area contributed by atoms with E-state index in [0.717, 1.165) is 0 Å². The van der Waals surface area contributed by atoms with Gasteiger partial charge in [0.25, 0.3) is 11.6 Å². The number of nitro groups is 1. The number of hydrogen-bond acceptors (Lipinski definition) is 7. The van der Waals surface area contributed by atoms with Gasteiger partial charge in [0, 0.05) is 62.8 Å². The lowest BCUT2D eigenvalue weighted by molar-refractivity contribution is -0.384. The minimum absolute atomic E-state index is 0.0156. The number of carbonyl (C=O) groups excluding carboxylic acids is 2. The molecular formula is C24H23N5O5. The maximum absolute atomic E-state index is 12.7. The molecule has 2 heterocycles. The van der Waals surface area contributed by atoms with Crippen LogP contribution in [0.25, 0.3) is 0 Å². The average Bonchev–Trinajstić information content (AvgIpc) is 2.85. The topological polar surface area (TPSA) is 118 Å². The maximum Gasteiger partial charge on any atom is 0.293 e. The Bertz CT molecular complexity index is 1190. The molecule has 1 saturated heterocycles. The largest absolute Gasteiger partial charge is 0.457 e. The molecule has 10 nitrogen and oxygen atoms in total. The molecule has 0 atom stereocenters. The van der Waals surface area contributed by atoms with Gasteiger partial charge in [-0.05, 0) is 48.5 Å². The lowest BCUT2D eigenvalue weighted by Gasteiger charge is -2.35. The van der Waals surface area contributed by atoms with Crippen molar-refractivity contribution in [2.45, 2.75) is 6.92 Å². The van der Waals surface area contributed by atoms with Crippen molar-refractivity contribution in [1.29, 1.82) is 0 Å². The van der Waals surface area contributed by atoms with Gasteiger partial charge in [-0.1, -0.05) is 0 Å². The normalized spacial score (nSPS) is 13.3. The number of benzene rings is 2. The highest BCUT2D eigenvalue weighted by atomic mass is 16.6. The first-order chi connectivity index (χ1) is 16.4. The summed E-state index contributed by atoms with van der Waals surface area (Å²) in [5.41, 5.74) is 0.987. The van der Waals surface area contributed by atoms with Crippen molar-refractivity contribution in [3.8, 4) is 11.5 Å². The molecule has 0 spiro atoms. The van der Waals surface area contributed by atoms with E-state index in [9.17, 15) is 19.7 Å². The number of nitrogens with zero attached hydrogens (tertiary/aromatic N) is 4. The molecule has 0 aliphatic carbocycles. The van der Waals surface area contributed by atoms with Crippen LogP contribution in [0, 0.1) is 10.1 Å². The number of hydrogen-bond donors (Lipinski definition) is 1. The summed E-state index contributed by atoms with van der Waals surface area (Å²) < 4.78 is 5.70. The fourth-order valence-electron chi connectivity index (χ4n) is 3.69. The predicted molar refractivity (Wildman–Crippen MR) is 126 cm³/mol. The van der Waals surface area contributed by atoms with Gasteiger partial charge in [-0.15, -0.1) is 0 Å². The molecule has 174 valence electrons. The van der Waals surface area contributed by atoms with Crippen LogP contribution >= 0.6 is 0 Å². The molecule has 2 aromatic carbocycles. The monoisotopic (exact) mass is 461 g/mol. The molecule has 1 aromatic heterocycles. The van der Waals surface area contributed by atoms with Crippen LogP contribution in [0.15, 0.2) is 67.0 Å². The second-order valence-electron chi connectivity index (χ2n) is 7.72. The zero-order valence-corrected chi connectivity index (χ0v) is 18.5. The fourth-order valence-corrected chi connectivity index (χ4v) is 3.69. The van der Waals surface area contributed by atoms with Crippen molar-refractivity contribution < 1.29 is 19.2 Å². The quantitative estimate of drug-likeness (QED) is 0.439. The molecule has 1 aliphatic heterocycles. The summed E-state index contributed by atoms with van der Waals surface area (Å²) in [4.78, 5) is 43.0. The molecule has 0 bridgehead atoms. The van der Waals surface area contributed by atoms with Crippen molar-refractivity contribution in [3.63, 3.8) is 0 Å². The Labute approximate surface area is 195 Å². The molecule has 0 radical (unpaired) electrons. The zero-order valence-electron chi connectivity index (χ0n) is 18.5. The van der Waals surface area contributed by atoms with E-state index in [1.54, 1.807) is 65.8 Å². The standard InChI is InChI=1S/C24H23N5O5/c1-17(30)27-12-14-28(15-13-27)22-7-2-18(16-23(22)29(32)33)24(31)26-19-3-5-20(6-4-19)34-21-8-10-25-11-9-21/h2-11,16H,12-15H2,1H3,(H,26,31). The number of pyridine rings is 1. The van der Waals surface area contributed by atoms with Gasteiger partial charge >= 0.3 is 0 Å². The Kier molecular flexibility index (Phi) is 6.67. The van der Waals surface area contributed by atoms with Gasteiger partial charge in [-0.25, -0.2) is 0 Å². The van der Waals surface area contributed by atoms with Gasteiger partial charge in [-0.2, -0.15) is 0 Å². The van der Waals surface area contributed by atoms with E-state index in [4.69, 9.17) is 4.74 Å². The number of nitrogens with one attached hydrogen (secondary N) is 1. The lowest BCUT2D eigenvalue weighted by Crippen LogP contribution is -2.48. The van der Waals surface area contributed by atoms with E-state index < -0.39 is 10.8 Å². The average molecular weight is 461 g/mol. The van der Waals surface area contributed by atoms with Crippen LogP contribution in [0.5, 0.6) is 11.5 Å². The number of piperazine rings is 1. The molecule has 0 unspecified atom stereocenters. The minimum Gasteiger partial charge on any atom is -0.457 e. The van der Waals surface area contributed by atoms with Gasteiger partial charge in [0.1, 0.15) is 17.2 Å². The van der Waals surface area contributed by atoms with E-state index in [2.05, 4.69) is 10.3 Å². The van der Waals surface area contributed by atoms with Crippen LogP contribution in [0.4, 0.5) is 17.1 Å². The molecular weight excluding hydrogens is 438 g/mol. The first kappa shape index (κ1) is 22.7. The third-order valence-electron chi connectivity index (χ3n) is 5.50. The molecule has 3 aromatic rings. The first-order valence-electron chi connectivity index (χ1n) is 10.7. The highest BCUT2D eigenvalue weighted by Gasteiger charge is 2.26. The highest BCUT2D eigenvalue weighted by Crippen LogP contribution is 2.30. The smallest absolute Gasteiger partial charge is 0.293 e. The summed E-state index contributed by atoms with van der Waals surface area (Å²) in [7, 11) is 0. The zero-order chi connectivity index (χ0) is 24.1. The molecule has 10 heteroatoms. The van der Waals surface area contributed by atoms with Gasteiger partial charge in [0.15, 0.2) is 0 Å². The number of ether oxygens (including phenoxy) is 1. The highest BCUT2D eigenvalue weighted by molar-refractivity contribution is 6.05. The lowest BCUT2D eigenvalue weighted by atomic mass is 10.1. The summed E-state index contributed by atoms with van der Waals surface area (Å²) in [5.74, 6) is 0.757. The minimum atomic E-state index is -0.491. The van der Waals surface area contributed by atoms with Gasteiger partial charge < -0.3 is 19.9 Å². The van der Waals surface area contributed by atoms with E-state index in [-0.39, 0.29) is 17.2 Å². The third kappa shape index (κ3) is 5.29. The number of anilines is 2. The molecule has 2 amide bonds. The van der Waals surface area contributed by atoms with Gasteiger partial charge in [-0.3, -0.25) is 24.7 Å². The summed E-state index contributed by atoms with van der Waals surface area (Å²) in [6.07, 6.45) is 3.25. The van der Waals surface area contributed by atoms with Crippen molar-refractivity contribution in [2.24, 2.45) is 0 Å². The van der Waals surface area contributed by atoms with E-state index in [0.29, 0.717) is 49.1 Å². The molecule has 1 fully saturated rings. The van der Waals surface area contributed by atoms with Crippen molar-refractivity contribution in [2.75, 3.05) is 36.4 Å². The van der Waals surface area contributed by atoms with E-state index in [1.165, 1.54) is 13.0 Å². The van der Waals surface area contributed by atoms with Crippen molar-refractivity contribution in [1.82, 2.24) is 9.88 Å². The van der Waals surface area contributed by atoms with Crippen LogP contribution in [0.2, 0.25) is 0 Å². The Morgan fingerprint density at radius 1 is 0.971 bits per heavy atom. The number of amides is 2. The van der Waals surface area contributed by atoms with Crippen LogP contribution in [-0.4, -0.2) is 52.8 Å². The Morgan fingerprint density at radius 3 is 2.24 bits per heavy atom. The van der Waals surface area contributed by atoms with Gasteiger partial charge in [0.2, 0.25) is 5.91 Å². The summed E-state index contributed by atoms with van der Waals surface area (Å²) in [6, 6.07) is 14.7. The van der Waals surface area contributed by atoms with Crippen LogP contribution < -0.4 is 15.0 Å². The first-order valence-corrected chi connectivity index (χ1v) is 10.7. The number of aromatic nitrogens is 1. The molecule has 34 heavy (non-hydrogen) atoms. The van der Waals surface area contributed by atoms with E-state index >= 15 is 0 Å². The second kappa shape index (κ2) is 9.99. The number of carbonyl (C=O) groups is 2. The Balaban J connectivity index is 1.44. The molecule has 1 aliphatic rings. The van der Waals surface area contributed by atoms with Crippen LogP contribution in [0.3, 0.4) is 0 Å². The third-order valence-corrected chi connectivity index (χ3v) is 5.50. The molecule has 4 rings (SSSR count). The second-order valence-corrected chi connectivity index (χ2v) is 7.72. The SMILES string of the molecule is CC(=O)N1CCN(c2ccc(C(=O)Nc3ccc(Oc4ccncc4)cc3)cc2[N+](=O)[O-])CC1. The fraction of sp³-hybridized carbons (Fsp3) is 0.208. The van der Waals surface area contributed by atoms with Crippen molar-refractivity contribution >= 4 is 28.9 Å². The Hall–Kier alpha value is -4.47. The van der Waals surface area contributed by atoms with E-state index in [1.807, 2.05) is 4.90 Å². The predicted octanol–water partition coefficient (Wildman–Crippen LogP) is 3.70. The van der Waals surface area contributed by atoms with Gasteiger partial charge in [0.05, 0.1) is 4.92 Å². The van der Waals surface area contributed by atoms with Crippen molar-refractivity contribution in [3.05, 3.63) is 82.7 Å². The summed E-state index contributed by atoms with van der Waals surface area (Å²) >= 11 is 0. The molecule has 0 saturated carbocycles. The van der Waals surface area contributed by atoms with Crippen LogP contribution in [-0.2, 0) is 4.79 Å². The maximum atomic E-state index is 12.7. The van der Waals surface area contributed by atoms with Crippen LogP contribution in [0.1, 0.15) is 17.3 Å². The number of nitro benzene ring substituents is 1. The molecule has 1 N–H and O–H groups in total. The summed E-state index contributed by atoms with van der Waals surface area (Å²) in [6.45, 7) is 3.47. The number of rotatable bonds is 6.